The summed E-state index contributed by atoms with van der Waals surface area (Å²) in [4.78, 5) is 0. The second-order valence-electron chi connectivity index (χ2n) is 3.22. The van der Waals surface area contributed by atoms with Gasteiger partial charge < -0.3 is 5.11 Å². The second-order valence-corrected chi connectivity index (χ2v) is 3.22. The summed E-state index contributed by atoms with van der Waals surface area (Å²) in [5.41, 5.74) is 2.25. The van der Waals surface area contributed by atoms with E-state index in [0.717, 1.165) is 5.57 Å². The zero-order chi connectivity index (χ0) is 10.4. The van der Waals surface area contributed by atoms with Crippen LogP contribution in [0.1, 0.15) is 12.5 Å². The predicted octanol–water partition coefficient (Wildman–Crippen LogP) is 3.66. The van der Waals surface area contributed by atoms with Crippen LogP contribution in [-0.4, -0.2) is 5.11 Å². The summed E-state index contributed by atoms with van der Waals surface area (Å²) in [6.45, 7) is 3.76. The van der Waals surface area contributed by atoms with Crippen LogP contribution >= 0.6 is 0 Å². The summed E-state index contributed by atoms with van der Waals surface area (Å²) < 4.78 is 0. The van der Waals surface area contributed by atoms with Crippen molar-refractivity contribution in [2.24, 2.45) is 0 Å². The minimum atomic E-state index is 0. The topological polar surface area (TPSA) is 20.2 Å². The first-order chi connectivity index (χ1) is 6.70. The van der Waals surface area contributed by atoms with E-state index in [0.29, 0.717) is 5.76 Å². The summed E-state index contributed by atoms with van der Waals surface area (Å²) in [6, 6.07) is 8.24. The molecular weight excluding hydrogens is 228 g/mol. The van der Waals surface area contributed by atoms with Gasteiger partial charge in [-0.05, 0) is 6.92 Å². The molecule has 0 spiro atoms. The number of rotatable bonds is 0. The Balaban J connectivity index is 0.000000253. The molecule has 0 heterocycles. The SMILES string of the molecule is CC(O)=C1C=CC=C1.C[c-]1cccc1.[Fe]. The van der Waals surface area contributed by atoms with Crippen LogP contribution in [0.3, 0.4) is 0 Å². The molecule has 0 saturated heterocycles. The zero-order valence-electron chi connectivity index (χ0n) is 8.92. The van der Waals surface area contributed by atoms with E-state index in [1.807, 2.05) is 36.4 Å². The van der Waals surface area contributed by atoms with Crippen molar-refractivity contribution in [3.63, 3.8) is 0 Å². The Hall–Kier alpha value is -1.11. The average molecular weight is 243 g/mol. The van der Waals surface area contributed by atoms with E-state index in [4.69, 9.17) is 5.11 Å². The molecule has 1 aliphatic carbocycles. The average Bonchev–Trinajstić information content (AvgIpc) is 2.75. The number of hydrogen-bond donors (Lipinski definition) is 1. The van der Waals surface area contributed by atoms with Crippen LogP contribution in [0.2, 0.25) is 0 Å². The Morgan fingerprint density at radius 3 is 1.80 bits per heavy atom. The molecule has 0 amide bonds. The van der Waals surface area contributed by atoms with E-state index in [2.05, 4.69) is 19.1 Å². The van der Waals surface area contributed by atoms with Crippen LogP contribution in [0.5, 0.6) is 0 Å². The summed E-state index contributed by atoms with van der Waals surface area (Å²) in [7, 11) is 0. The molecule has 82 valence electrons. The number of aryl methyl sites for hydroxylation is 1. The molecule has 0 atom stereocenters. The minimum Gasteiger partial charge on any atom is -0.512 e. The molecular formula is C13H15FeO-. The van der Waals surface area contributed by atoms with Crippen molar-refractivity contribution in [1.29, 1.82) is 0 Å². The standard InChI is InChI=1S/C7H8O.C6H7.Fe/c1-6(8)7-4-2-3-5-7;1-6-4-2-3-5-6;/h2-5,8H,1H3;2-5H,1H3;/q;-1;. The quantitative estimate of drug-likeness (QED) is 0.419. The van der Waals surface area contributed by atoms with Crippen molar-refractivity contribution in [2.45, 2.75) is 13.8 Å². The van der Waals surface area contributed by atoms with Gasteiger partial charge >= 0.3 is 0 Å². The van der Waals surface area contributed by atoms with E-state index < -0.39 is 0 Å². The van der Waals surface area contributed by atoms with Crippen LogP contribution < -0.4 is 0 Å². The number of hydrogen-bond acceptors (Lipinski definition) is 1. The molecule has 0 unspecified atom stereocenters. The maximum atomic E-state index is 8.83. The molecule has 0 fully saturated rings. The van der Waals surface area contributed by atoms with Gasteiger partial charge in [-0.3, -0.25) is 0 Å². The summed E-state index contributed by atoms with van der Waals surface area (Å²) >= 11 is 0. The summed E-state index contributed by atoms with van der Waals surface area (Å²) in [6.07, 6.45) is 7.54. The van der Waals surface area contributed by atoms with Gasteiger partial charge in [0.25, 0.3) is 0 Å². The predicted molar refractivity (Wildman–Crippen MR) is 60.4 cm³/mol. The zero-order valence-corrected chi connectivity index (χ0v) is 10.0. The van der Waals surface area contributed by atoms with E-state index in [-0.39, 0.29) is 17.1 Å². The first kappa shape index (κ1) is 13.9. The maximum absolute atomic E-state index is 8.83. The summed E-state index contributed by atoms with van der Waals surface area (Å²) in [5.74, 6) is 0.384. The van der Waals surface area contributed by atoms with Gasteiger partial charge in [0.05, 0.1) is 5.76 Å². The molecule has 1 N–H and O–H groups in total. The van der Waals surface area contributed by atoms with Crippen LogP contribution in [0, 0.1) is 6.92 Å². The molecule has 15 heavy (non-hydrogen) atoms. The Kier molecular flexibility index (Phi) is 6.68. The first-order valence-electron chi connectivity index (χ1n) is 4.63. The largest absolute Gasteiger partial charge is 0.512 e. The molecule has 1 aromatic rings. The van der Waals surface area contributed by atoms with Crippen molar-refractivity contribution >= 4 is 0 Å². The van der Waals surface area contributed by atoms with Crippen molar-refractivity contribution in [2.75, 3.05) is 0 Å². The Labute approximate surface area is 102 Å². The minimum absolute atomic E-state index is 0. The molecule has 2 rings (SSSR count). The molecule has 0 bridgehead atoms. The molecule has 1 nitrogen and oxygen atoms in total. The van der Waals surface area contributed by atoms with Crippen molar-refractivity contribution in [3.8, 4) is 0 Å². The van der Waals surface area contributed by atoms with Gasteiger partial charge in [-0.1, -0.05) is 31.2 Å². The Bertz CT molecular complexity index is 338. The second kappa shape index (κ2) is 7.22. The Morgan fingerprint density at radius 2 is 1.60 bits per heavy atom. The third-order valence-electron chi connectivity index (χ3n) is 1.91. The smallest absolute Gasteiger partial charge is 0.0963 e. The summed E-state index contributed by atoms with van der Waals surface area (Å²) in [5, 5.41) is 8.83. The van der Waals surface area contributed by atoms with E-state index in [1.165, 1.54) is 5.56 Å². The molecule has 2 heteroatoms. The van der Waals surface area contributed by atoms with Crippen LogP contribution in [0.4, 0.5) is 0 Å². The van der Waals surface area contributed by atoms with Gasteiger partial charge in [0.15, 0.2) is 0 Å². The molecule has 0 saturated carbocycles. The number of allylic oxidation sites excluding steroid dienone is 6. The van der Waals surface area contributed by atoms with E-state index >= 15 is 0 Å². The fourth-order valence-electron chi connectivity index (χ4n) is 1.09. The van der Waals surface area contributed by atoms with Crippen molar-refractivity contribution in [3.05, 3.63) is 65.5 Å². The van der Waals surface area contributed by atoms with Gasteiger partial charge in [-0.15, -0.1) is 0 Å². The molecule has 0 aliphatic heterocycles. The fraction of sp³-hybridized carbons (Fsp3) is 0.154. The normalized spacial score (nSPS) is 11.7. The van der Waals surface area contributed by atoms with E-state index in [1.54, 1.807) is 6.92 Å². The molecule has 1 aliphatic rings. The number of aliphatic hydroxyl groups is 1. The van der Waals surface area contributed by atoms with Crippen LogP contribution in [-0.2, 0) is 17.1 Å². The van der Waals surface area contributed by atoms with E-state index in [9.17, 15) is 0 Å². The third-order valence-corrected chi connectivity index (χ3v) is 1.91. The van der Waals surface area contributed by atoms with Crippen molar-refractivity contribution in [1.82, 2.24) is 0 Å². The van der Waals surface area contributed by atoms with Gasteiger partial charge in [0.2, 0.25) is 0 Å². The molecule has 0 aromatic heterocycles. The monoisotopic (exact) mass is 243 g/mol. The first-order valence-corrected chi connectivity index (χ1v) is 4.63. The van der Waals surface area contributed by atoms with Gasteiger partial charge in [0.1, 0.15) is 0 Å². The van der Waals surface area contributed by atoms with Crippen molar-refractivity contribution < 1.29 is 22.2 Å². The molecule has 1 aromatic carbocycles. The number of aliphatic hydroxyl groups excluding tert-OH is 1. The van der Waals surface area contributed by atoms with Crippen LogP contribution in [0.15, 0.2) is 59.9 Å². The third kappa shape index (κ3) is 5.36. The van der Waals surface area contributed by atoms with Gasteiger partial charge in [-0.25, -0.2) is 12.1 Å². The fourth-order valence-corrected chi connectivity index (χ4v) is 1.09. The maximum Gasteiger partial charge on any atom is 0.0963 e. The van der Waals surface area contributed by atoms with Crippen LogP contribution in [0.25, 0.3) is 0 Å². The van der Waals surface area contributed by atoms with Gasteiger partial charge in [-0.2, -0.15) is 17.7 Å². The van der Waals surface area contributed by atoms with Gasteiger partial charge in [0, 0.05) is 22.6 Å². The Morgan fingerprint density at radius 1 is 1.13 bits per heavy atom. The molecule has 0 radical (unpaired) electrons.